The van der Waals surface area contributed by atoms with Crippen LogP contribution in [0.3, 0.4) is 0 Å². The number of hydrogen-bond donors (Lipinski definition) is 1. The number of benzene rings is 3. The Morgan fingerprint density at radius 3 is 1.72 bits per heavy atom. The second-order valence-electron chi connectivity index (χ2n) is 8.68. The molecule has 4 rings (SSSR count). The van der Waals surface area contributed by atoms with Crippen molar-refractivity contribution in [2.24, 2.45) is 0 Å². The van der Waals surface area contributed by atoms with Crippen LogP contribution < -0.4 is 0 Å². The topological polar surface area (TPSA) is 66.4 Å². The molecule has 0 radical (unpaired) electrons. The zero-order valence-electron chi connectivity index (χ0n) is 20.4. The molecule has 1 fully saturated rings. The molecule has 1 aliphatic heterocycles. The Kier molecular flexibility index (Phi) is 10.2. The van der Waals surface area contributed by atoms with Crippen molar-refractivity contribution in [1.82, 2.24) is 0 Å². The van der Waals surface area contributed by atoms with Crippen LogP contribution in [-0.4, -0.2) is 49.0 Å². The van der Waals surface area contributed by atoms with E-state index in [1.807, 2.05) is 91.0 Å². The molecule has 0 aromatic heterocycles. The number of aliphatic hydroxyl groups is 1. The molecule has 6 nitrogen and oxygen atoms in total. The van der Waals surface area contributed by atoms with Crippen molar-refractivity contribution < 1.29 is 28.8 Å². The highest BCUT2D eigenvalue weighted by Gasteiger charge is 2.47. The molecule has 0 aliphatic carbocycles. The van der Waals surface area contributed by atoms with E-state index in [4.69, 9.17) is 23.7 Å². The molecule has 1 saturated heterocycles. The molecule has 190 valence electrons. The third-order valence-corrected chi connectivity index (χ3v) is 5.96. The lowest BCUT2D eigenvalue weighted by Gasteiger charge is -2.44. The quantitative estimate of drug-likeness (QED) is 0.352. The summed E-state index contributed by atoms with van der Waals surface area (Å²) in [6.07, 6.45) is -2.09. The van der Waals surface area contributed by atoms with Gasteiger partial charge in [-0.2, -0.15) is 0 Å². The van der Waals surface area contributed by atoms with Gasteiger partial charge in [0, 0.05) is 0 Å². The monoisotopic (exact) mass is 490 g/mol. The summed E-state index contributed by atoms with van der Waals surface area (Å²) in [6, 6.07) is 29.6. The molecule has 0 saturated carbocycles. The summed E-state index contributed by atoms with van der Waals surface area (Å²) in [7, 11) is 0. The third kappa shape index (κ3) is 7.58. The summed E-state index contributed by atoms with van der Waals surface area (Å²) in [4.78, 5) is 0. The molecule has 0 unspecified atom stereocenters. The Labute approximate surface area is 213 Å². The lowest BCUT2D eigenvalue weighted by molar-refractivity contribution is -0.319. The van der Waals surface area contributed by atoms with Crippen LogP contribution in [0.25, 0.3) is 0 Å². The van der Waals surface area contributed by atoms with Crippen LogP contribution in [0.15, 0.2) is 104 Å². The van der Waals surface area contributed by atoms with E-state index in [2.05, 4.69) is 6.58 Å². The number of rotatable bonds is 13. The Morgan fingerprint density at radius 2 is 1.19 bits per heavy atom. The maximum Gasteiger partial charge on any atom is 0.187 e. The van der Waals surface area contributed by atoms with E-state index in [1.54, 1.807) is 6.08 Å². The van der Waals surface area contributed by atoms with Crippen LogP contribution in [0.5, 0.6) is 0 Å². The van der Waals surface area contributed by atoms with Crippen molar-refractivity contribution in [3.05, 3.63) is 120 Å². The normalized spacial score (nSPS) is 23.9. The molecule has 36 heavy (non-hydrogen) atoms. The van der Waals surface area contributed by atoms with Gasteiger partial charge in [0.1, 0.15) is 24.4 Å². The molecule has 3 aromatic carbocycles. The molecular weight excluding hydrogens is 456 g/mol. The highest BCUT2D eigenvalue weighted by atomic mass is 16.7. The first-order valence-electron chi connectivity index (χ1n) is 12.2. The predicted molar refractivity (Wildman–Crippen MR) is 137 cm³/mol. The molecule has 1 heterocycles. The molecule has 5 atom stereocenters. The van der Waals surface area contributed by atoms with Gasteiger partial charge in [-0.25, -0.2) is 0 Å². The van der Waals surface area contributed by atoms with Gasteiger partial charge in [-0.1, -0.05) is 97.1 Å². The van der Waals surface area contributed by atoms with Crippen molar-refractivity contribution in [2.45, 2.75) is 50.5 Å². The van der Waals surface area contributed by atoms with Crippen molar-refractivity contribution in [2.75, 3.05) is 13.2 Å². The summed E-state index contributed by atoms with van der Waals surface area (Å²) in [5.41, 5.74) is 3.05. The minimum absolute atomic E-state index is 0.181. The highest BCUT2D eigenvalue weighted by Crippen LogP contribution is 2.29. The first-order valence-corrected chi connectivity index (χ1v) is 12.2. The second kappa shape index (κ2) is 14.0. The maximum atomic E-state index is 11.3. The zero-order valence-corrected chi connectivity index (χ0v) is 20.4. The molecule has 0 spiro atoms. The Balaban J connectivity index is 1.48. The van der Waals surface area contributed by atoms with Gasteiger partial charge >= 0.3 is 0 Å². The van der Waals surface area contributed by atoms with E-state index in [0.29, 0.717) is 19.8 Å². The van der Waals surface area contributed by atoms with Gasteiger partial charge in [-0.3, -0.25) is 0 Å². The van der Waals surface area contributed by atoms with Gasteiger partial charge in [-0.15, -0.1) is 6.58 Å². The summed E-state index contributed by atoms with van der Waals surface area (Å²) in [5, 5.41) is 11.3. The average molecular weight is 491 g/mol. The lowest BCUT2D eigenvalue weighted by atomic mass is 9.98. The molecule has 1 aliphatic rings. The zero-order chi connectivity index (χ0) is 25.0. The van der Waals surface area contributed by atoms with Gasteiger partial charge < -0.3 is 28.8 Å². The summed E-state index contributed by atoms with van der Waals surface area (Å²) in [6.45, 7) is 5.26. The Bertz CT molecular complexity index is 1010. The van der Waals surface area contributed by atoms with Crippen molar-refractivity contribution in [3.63, 3.8) is 0 Å². The number of aliphatic hydroxyl groups excluding tert-OH is 1. The first-order chi connectivity index (χ1) is 17.7. The van der Waals surface area contributed by atoms with Crippen molar-refractivity contribution in [1.29, 1.82) is 0 Å². The highest BCUT2D eigenvalue weighted by molar-refractivity contribution is 5.15. The van der Waals surface area contributed by atoms with Gasteiger partial charge in [0.15, 0.2) is 6.29 Å². The van der Waals surface area contributed by atoms with Crippen LogP contribution in [0.1, 0.15) is 16.7 Å². The van der Waals surface area contributed by atoms with Crippen molar-refractivity contribution in [3.8, 4) is 0 Å². The number of hydrogen-bond acceptors (Lipinski definition) is 6. The SMILES string of the molecule is C=CCO[C@@H]1O[C@H](COCc2ccccc2)[C@H](O)[C@H](OCc2ccccc2)[C@H]1OCc1ccccc1. The predicted octanol–water partition coefficient (Wildman–Crippen LogP) is 4.66. The minimum atomic E-state index is -0.978. The molecule has 0 amide bonds. The van der Waals surface area contributed by atoms with E-state index < -0.39 is 30.7 Å². The van der Waals surface area contributed by atoms with E-state index in [-0.39, 0.29) is 13.2 Å². The number of ether oxygens (including phenoxy) is 5. The van der Waals surface area contributed by atoms with Gasteiger partial charge in [0.25, 0.3) is 0 Å². The average Bonchev–Trinajstić information content (AvgIpc) is 2.93. The second-order valence-corrected chi connectivity index (χ2v) is 8.68. The summed E-state index contributed by atoms with van der Waals surface area (Å²) < 4.78 is 30.6. The first kappa shape index (κ1) is 26.2. The van der Waals surface area contributed by atoms with E-state index in [1.165, 1.54) is 0 Å². The van der Waals surface area contributed by atoms with Gasteiger partial charge in [0.05, 0.1) is 33.0 Å². The third-order valence-electron chi connectivity index (χ3n) is 5.96. The van der Waals surface area contributed by atoms with Crippen LogP contribution in [0.4, 0.5) is 0 Å². The minimum Gasteiger partial charge on any atom is -0.387 e. The van der Waals surface area contributed by atoms with Crippen LogP contribution in [0.2, 0.25) is 0 Å². The van der Waals surface area contributed by atoms with E-state index >= 15 is 0 Å². The summed E-state index contributed by atoms with van der Waals surface area (Å²) >= 11 is 0. The largest absolute Gasteiger partial charge is 0.387 e. The fourth-order valence-electron chi connectivity index (χ4n) is 4.09. The van der Waals surface area contributed by atoms with E-state index in [9.17, 15) is 5.11 Å². The van der Waals surface area contributed by atoms with Crippen LogP contribution in [-0.2, 0) is 43.5 Å². The molecule has 3 aromatic rings. The summed E-state index contributed by atoms with van der Waals surface area (Å²) in [5.74, 6) is 0. The molecular formula is C30H34O6. The van der Waals surface area contributed by atoms with E-state index in [0.717, 1.165) is 16.7 Å². The fraction of sp³-hybridized carbons (Fsp3) is 0.333. The van der Waals surface area contributed by atoms with Gasteiger partial charge in [0.2, 0.25) is 0 Å². The Hall–Kier alpha value is -2.84. The molecule has 0 bridgehead atoms. The molecule has 1 N–H and O–H groups in total. The fourth-order valence-corrected chi connectivity index (χ4v) is 4.09. The lowest BCUT2D eigenvalue weighted by Crippen LogP contribution is -2.61. The maximum absolute atomic E-state index is 11.3. The van der Waals surface area contributed by atoms with Crippen LogP contribution >= 0.6 is 0 Å². The Morgan fingerprint density at radius 1 is 0.694 bits per heavy atom. The van der Waals surface area contributed by atoms with Gasteiger partial charge in [-0.05, 0) is 16.7 Å². The standard InChI is InChI=1S/C30H34O6/c1-2-18-33-30-29(35-21-25-16-10-5-11-17-25)28(34-20-24-14-8-4-9-15-24)27(31)26(36-30)22-32-19-23-12-6-3-7-13-23/h2-17,26-31H,1,18-22H2/t26-,27+,28+,29-,30-/m1/s1. The molecule has 6 heteroatoms. The smallest absolute Gasteiger partial charge is 0.187 e. The van der Waals surface area contributed by atoms with Crippen LogP contribution in [0, 0.1) is 0 Å². The van der Waals surface area contributed by atoms with Crippen molar-refractivity contribution >= 4 is 0 Å².